The minimum Gasteiger partial charge on any atom is -0.335 e. The molecule has 0 unspecified atom stereocenters. The van der Waals surface area contributed by atoms with Gasteiger partial charge in [-0.2, -0.15) is 0 Å². The molecule has 3 heterocycles. The topological polar surface area (TPSA) is 50.5 Å². The average Bonchev–Trinajstić information content (AvgIpc) is 3.15. The van der Waals surface area contributed by atoms with Crippen LogP contribution in [0, 0.1) is 13.8 Å². The van der Waals surface area contributed by atoms with Gasteiger partial charge in [-0.05, 0) is 20.3 Å². The van der Waals surface area contributed by atoms with Gasteiger partial charge in [-0.25, -0.2) is 9.97 Å². The van der Waals surface area contributed by atoms with E-state index in [0.717, 1.165) is 27.8 Å². The smallest absolute Gasteiger partial charge is 0.265 e. The Labute approximate surface area is 137 Å². The highest BCUT2D eigenvalue weighted by molar-refractivity contribution is 7.17. The lowest BCUT2D eigenvalue weighted by molar-refractivity contribution is 0.0787. The Bertz CT molecular complexity index is 830. The molecule has 0 N–H and O–H groups in total. The predicted molar refractivity (Wildman–Crippen MR) is 89.8 cm³/mol. The second-order valence-corrected chi connectivity index (χ2v) is 7.60. The molecular formula is C15H18N4OS2. The van der Waals surface area contributed by atoms with Crippen LogP contribution in [-0.4, -0.2) is 32.2 Å². The molecule has 0 radical (unpaired) electrons. The third kappa shape index (κ3) is 2.66. The summed E-state index contributed by atoms with van der Waals surface area (Å²) in [7, 11) is 1.83. The highest BCUT2D eigenvalue weighted by Crippen LogP contribution is 2.22. The van der Waals surface area contributed by atoms with Crippen LogP contribution < -0.4 is 0 Å². The van der Waals surface area contributed by atoms with Crippen LogP contribution >= 0.6 is 22.7 Å². The van der Waals surface area contributed by atoms with E-state index in [2.05, 4.69) is 27.5 Å². The first-order valence-corrected chi connectivity index (χ1v) is 8.77. The molecule has 22 heavy (non-hydrogen) atoms. The quantitative estimate of drug-likeness (QED) is 0.735. The first-order valence-electron chi connectivity index (χ1n) is 7.13. The Hall–Kier alpha value is -1.73. The molecule has 0 saturated heterocycles. The zero-order valence-corrected chi connectivity index (χ0v) is 14.7. The van der Waals surface area contributed by atoms with Crippen molar-refractivity contribution < 1.29 is 4.79 Å². The van der Waals surface area contributed by atoms with Gasteiger partial charge in [0.1, 0.15) is 4.88 Å². The number of imidazole rings is 1. The lowest BCUT2D eigenvalue weighted by Crippen LogP contribution is -2.26. The Kier molecular flexibility index (Phi) is 4.01. The van der Waals surface area contributed by atoms with Gasteiger partial charge in [-0.1, -0.05) is 6.92 Å². The van der Waals surface area contributed by atoms with E-state index in [1.54, 1.807) is 22.4 Å². The lowest BCUT2D eigenvalue weighted by Gasteiger charge is -2.16. The number of hydrogen-bond acceptors (Lipinski definition) is 5. The van der Waals surface area contributed by atoms with Crippen molar-refractivity contribution in [3.8, 4) is 0 Å². The first kappa shape index (κ1) is 15.2. The van der Waals surface area contributed by atoms with Crippen molar-refractivity contribution in [3.63, 3.8) is 0 Å². The van der Waals surface area contributed by atoms with E-state index in [0.29, 0.717) is 11.4 Å². The number of amides is 1. The number of rotatable bonds is 4. The van der Waals surface area contributed by atoms with E-state index >= 15 is 0 Å². The molecule has 5 nitrogen and oxygen atoms in total. The summed E-state index contributed by atoms with van der Waals surface area (Å²) in [5.41, 5.74) is 2.04. The van der Waals surface area contributed by atoms with Crippen molar-refractivity contribution in [2.75, 3.05) is 7.05 Å². The molecule has 7 heteroatoms. The van der Waals surface area contributed by atoms with Crippen molar-refractivity contribution in [2.24, 2.45) is 0 Å². The van der Waals surface area contributed by atoms with Gasteiger partial charge in [0.15, 0.2) is 4.96 Å². The molecule has 0 fully saturated rings. The third-order valence-electron chi connectivity index (χ3n) is 3.54. The summed E-state index contributed by atoms with van der Waals surface area (Å²) >= 11 is 3.14. The van der Waals surface area contributed by atoms with Crippen LogP contribution in [0.4, 0.5) is 0 Å². The Balaban J connectivity index is 1.84. The Morgan fingerprint density at radius 3 is 2.82 bits per heavy atom. The van der Waals surface area contributed by atoms with Crippen molar-refractivity contribution in [1.82, 2.24) is 19.3 Å². The van der Waals surface area contributed by atoms with Crippen molar-refractivity contribution >= 4 is 33.5 Å². The van der Waals surface area contributed by atoms with Gasteiger partial charge in [0.2, 0.25) is 0 Å². The summed E-state index contributed by atoms with van der Waals surface area (Å²) < 4.78 is 2.09. The number of hydrogen-bond donors (Lipinski definition) is 0. The standard InChI is InChI=1S/C15H18N4OS2/c1-5-13-16-6-12(22-13)14(20)18(4)8-11-10(3)17-15-19(11)7-9(2)21-15/h6-7H,5,8H2,1-4H3. The summed E-state index contributed by atoms with van der Waals surface area (Å²) in [6.07, 6.45) is 4.61. The van der Waals surface area contributed by atoms with Gasteiger partial charge < -0.3 is 4.90 Å². The molecular weight excluding hydrogens is 316 g/mol. The zero-order chi connectivity index (χ0) is 15.9. The molecule has 0 aliphatic carbocycles. The van der Waals surface area contributed by atoms with E-state index in [4.69, 9.17) is 0 Å². The molecule has 1 amide bonds. The van der Waals surface area contributed by atoms with Crippen molar-refractivity contribution in [3.05, 3.63) is 38.5 Å². The van der Waals surface area contributed by atoms with Crippen LogP contribution in [0.25, 0.3) is 4.96 Å². The zero-order valence-electron chi connectivity index (χ0n) is 13.1. The van der Waals surface area contributed by atoms with Crippen LogP contribution in [0.15, 0.2) is 12.4 Å². The van der Waals surface area contributed by atoms with Gasteiger partial charge in [-0.15, -0.1) is 22.7 Å². The number of aryl methyl sites for hydroxylation is 3. The van der Waals surface area contributed by atoms with E-state index in [1.165, 1.54) is 16.2 Å². The second-order valence-electron chi connectivity index (χ2n) is 5.27. The molecule has 0 saturated carbocycles. The van der Waals surface area contributed by atoms with Crippen LogP contribution in [0.2, 0.25) is 0 Å². The minimum atomic E-state index is 0.0125. The third-order valence-corrected chi connectivity index (χ3v) is 5.57. The molecule has 3 aromatic rings. The lowest BCUT2D eigenvalue weighted by atomic mass is 10.3. The van der Waals surface area contributed by atoms with E-state index in [9.17, 15) is 4.79 Å². The van der Waals surface area contributed by atoms with Crippen LogP contribution in [0.3, 0.4) is 0 Å². The number of carbonyl (C=O) groups excluding carboxylic acids is 1. The van der Waals surface area contributed by atoms with E-state index in [1.807, 2.05) is 20.9 Å². The minimum absolute atomic E-state index is 0.0125. The normalized spacial score (nSPS) is 11.3. The van der Waals surface area contributed by atoms with Crippen LogP contribution in [0.1, 0.15) is 37.9 Å². The number of nitrogens with zero attached hydrogens (tertiary/aromatic N) is 4. The fourth-order valence-corrected chi connectivity index (χ4v) is 4.10. The van der Waals surface area contributed by atoms with Crippen LogP contribution in [-0.2, 0) is 13.0 Å². The van der Waals surface area contributed by atoms with Gasteiger partial charge >= 0.3 is 0 Å². The molecule has 3 rings (SSSR count). The first-order chi connectivity index (χ1) is 10.5. The van der Waals surface area contributed by atoms with Crippen LogP contribution in [0.5, 0.6) is 0 Å². The maximum atomic E-state index is 12.5. The summed E-state index contributed by atoms with van der Waals surface area (Å²) in [6.45, 7) is 6.64. The molecule has 0 aliphatic heterocycles. The van der Waals surface area contributed by atoms with Gasteiger partial charge in [0.25, 0.3) is 5.91 Å². The molecule has 116 valence electrons. The van der Waals surface area contributed by atoms with Gasteiger partial charge in [-0.3, -0.25) is 9.20 Å². The van der Waals surface area contributed by atoms with Gasteiger partial charge in [0.05, 0.1) is 29.1 Å². The average molecular weight is 334 g/mol. The predicted octanol–water partition coefficient (Wildman–Crippen LogP) is 3.30. The molecule has 0 spiro atoms. The Morgan fingerprint density at radius 1 is 1.36 bits per heavy atom. The number of fused-ring (bicyclic) bond motifs is 1. The van der Waals surface area contributed by atoms with Crippen molar-refractivity contribution in [2.45, 2.75) is 33.7 Å². The summed E-state index contributed by atoms with van der Waals surface area (Å²) in [6, 6.07) is 0. The molecule has 3 aromatic heterocycles. The molecule has 0 atom stereocenters. The highest BCUT2D eigenvalue weighted by atomic mass is 32.1. The fraction of sp³-hybridized carbons (Fsp3) is 0.400. The SMILES string of the molecule is CCc1ncc(C(=O)N(C)Cc2c(C)nc3sc(C)cn23)s1. The Morgan fingerprint density at radius 2 is 2.14 bits per heavy atom. The highest BCUT2D eigenvalue weighted by Gasteiger charge is 2.19. The van der Waals surface area contributed by atoms with Gasteiger partial charge in [0, 0.05) is 18.1 Å². The number of aromatic nitrogens is 3. The monoisotopic (exact) mass is 334 g/mol. The second kappa shape index (κ2) is 5.81. The van der Waals surface area contributed by atoms with E-state index in [-0.39, 0.29) is 5.91 Å². The maximum absolute atomic E-state index is 12.5. The van der Waals surface area contributed by atoms with E-state index < -0.39 is 0 Å². The molecule has 0 bridgehead atoms. The largest absolute Gasteiger partial charge is 0.335 e. The molecule has 0 aliphatic rings. The summed E-state index contributed by atoms with van der Waals surface area (Å²) in [5, 5.41) is 0.994. The fourth-order valence-electron chi connectivity index (χ4n) is 2.36. The summed E-state index contributed by atoms with van der Waals surface area (Å²) in [5.74, 6) is 0.0125. The number of carbonyl (C=O) groups is 1. The maximum Gasteiger partial charge on any atom is 0.265 e. The number of thiazole rings is 2. The molecule has 0 aromatic carbocycles. The van der Waals surface area contributed by atoms with Crippen molar-refractivity contribution in [1.29, 1.82) is 0 Å². The summed E-state index contributed by atoms with van der Waals surface area (Å²) in [4.78, 5) is 26.0.